The summed E-state index contributed by atoms with van der Waals surface area (Å²) < 4.78 is 1.11. The monoisotopic (exact) mass is 311 g/mol. The van der Waals surface area contributed by atoms with Gasteiger partial charge in [-0.1, -0.05) is 25.1 Å². The summed E-state index contributed by atoms with van der Waals surface area (Å²) in [6, 6.07) is 5.88. The van der Waals surface area contributed by atoms with Gasteiger partial charge in [0.15, 0.2) is 0 Å². The molecule has 23 heavy (non-hydrogen) atoms. The molecular weight excluding hydrogens is 294 g/mol. The van der Waals surface area contributed by atoms with Crippen LogP contribution in [0.3, 0.4) is 0 Å². The van der Waals surface area contributed by atoms with Crippen LogP contribution in [-0.4, -0.2) is 20.9 Å². The smallest absolute Gasteiger partial charge is 0.331 e. The van der Waals surface area contributed by atoms with Gasteiger partial charge in [0, 0.05) is 23.9 Å². The molecule has 1 aromatic heterocycles. The van der Waals surface area contributed by atoms with E-state index < -0.39 is 11.2 Å². The zero-order chi connectivity index (χ0) is 16.6. The van der Waals surface area contributed by atoms with Gasteiger partial charge in [0.1, 0.15) is 5.56 Å². The van der Waals surface area contributed by atoms with Crippen LogP contribution >= 0.6 is 0 Å². The molecule has 0 unspecified atom stereocenters. The number of aliphatic imine (C=N–C) groups is 1. The van der Waals surface area contributed by atoms with Crippen molar-refractivity contribution in [1.82, 2.24) is 9.55 Å². The quantitative estimate of drug-likeness (QED) is 0.909. The van der Waals surface area contributed by atoms with Crippen molar-refractivity contribution in [2.45, 2.75) is 26.8 Å². The Morgan fingerprint density at radius 1 is 1.30 bits per heavy atom. The van der Waals surface area contributed by atoms with E-state index in [4.69, 9.17) is 0 Å². The van der Waals surface area contributed by atoms with Crippen molar-refractivity contribution in [3.05, 3.63) is 55.7 Å². The van der Waals surface area contributed by atoms with Crippen LogP contribution in [0.25, 0.3) is 11.6 Å². The fourth-order valence-corrected chi connectivity index (χ4v) is 2.73. The topological polar surface area (TPSA) is 87.4 Å². The van der Waals surface area contributed by atoms with Crippen LogP contribution in [0.1, 0.15) is 30.5 Å². The maximum atomic E-state index is 12.0. The standard InChI is InChI=1S/C17H17N3O3/c1-3-10-6-5-7-12-11(9-18-14(10)12)8-13-15(21)19-17(23)20(4-2)16(13)22/h5-9,22H,3-4H2,1-2H3,(H,19,21,23). The number of aromatic hydroxyl groups is 1. The Bertz CT molecular complexity index is 949. The minimum absolute atomic E-state index is 0.0580. The molecule has 0 fully saturated rings. The first-order valence-corrected chi connectivity index (χ1v) is 7.50. The minimum atomic E-state index is -0.620. The first-order valence-electron chi connectivity index (χ1n) is 7.50. The number of rotatable bonds is 3. The number of allylic oxidation sites excluding steroid dienone is 1. The molecule has 1 aliphatic rings. The van der Waals surface area contributed by atoms with Crippen LogP contribution < -0.4 is 11.2 Å². The van der Waals surface area contributed by atoms with Crippen LogP contribution in [0.4, 0.5) is 5.69 Å². The molecule has 0 saturated heterocycles. The molecule has 0 amide bonds. The molecule has 0 atom stereocenters. The van der Waals surface area contributed by atoms with Crippen molar-refractivity contribution in [1.29, 1.82) is 0 Å². The molecule has 6 nitrogen and oxygen atoms in total. The highest BCUT2D eigenvalue weighted by molar-refractivity contribution is 6.21. The largest absolute Gasteiger partial charge is 0.494 e. The number of aromatic nitrogens is 2. The average molecular weight is 311 g/mol. The van der Waals surface area contributed by atoms with Gasteiger partial charge in [-0.05, 0) is 25.0 Å². The zero-order valence-corrected chi connectivity index (χ0v) is 13.0. The second-order valence-corrected chi connectivity index (χ2v) is 5.27. The van der Waals surface area contributed by atoms with Crippen molar-refractivity contribution >= 4 is 23.6 Å². The number of fused-ring (bicyclic) bond motifs is 1. The Kier molecular flexibility index (Phi) is 3.73. The zero-order valence-electron chi connectivity index (χ0n) is 13.0. The van der Waals surface area contributed by atoms with Crippen molar-refractivity contribution in [3.8, 4) is 5.88 Å². The van der Waals surface area contributed by atoms with E-state index in [1.54, 1.807) is 19.2 Å². The molecule has 1 aliphatic heterocycles. The van der Waals surface area contributed by atoms with Gasteiger partial charge in [-0.25, -0.2) is 4.79 Å². The fraction of sp³-hybridized carbons (Fsp3) is 0.235. The number of nitrogens with zero attached hydrogens (tertiary/aromatic N) is 2. The first-order chi connectivity index (χ1) is 11.1. The summed E-state index contributed by atoms with van der Waals surface area (Å²) in [5, 5.41) is 10.2. The molecule has 2 aromatic rings. The lowest BCUT2D eigenvalue weighted by Crippen LogP contribution is -2.30. The summed E-state index contributed by atoms with van der Waals surface area (Å²) in [5.74, 6) is -0.331. The van der Waals surface area contributed by atoms with Gasteiger partial charge in [-0.2, -0.15) is 0 Å². The van der Waals surface area contributed by atoms with Crippen LogP contribution in [0, 0.1) is 0 Å². The van der Waals surface area contributed by atoms with Crippen molar-refractivity contribution in [2.75, 3.05) is 0 Å². The Morgan fingerprint density at radius 2 is 2.09 bits per heavy atom. The molecule has 1 aromatic carbocycles. The first kappa shape index (κ1) is 15.0. The lowest BCUT2D eigenvalue weighted by atomic mass is 10.0. The van der Waals surface area contributed by atoms with Crippen molar-refractivity contribution in [3.63, 3.8) is 0 Å². The van der Waals surface area contributed by atoms with E-state index >= 15 is 0 Å². The van der Waals surface area contributed by atoms with E-state index in [2.05, 4.69) is 16.9 Å². The van der Waals surface area contributed by atoms with Crippen molar-refractivity contribution in [2.24, 2.45) is 4.99 Å². The van der Waals surface area contributed by atoms with Gasteiger partial charge in [-0.3, -0.25) is 19.3 Å². The number of nitrogens with one attached hydrogen (secondary N) is 1. The van der Waals surface area contributed by atoms with E-state index in [9.17, 15) is 14.7 Å². The molecular formula is C17H17N3O3. The van der Waals surface area contributed by atoms with Gasteiger partial charge >= 0.3 is 5.69 Å². The highest BCUT2D eigenvalue weighted by atomic mass is 16.3. The summed E-state index contributed by atoms with van der Waals surface area (Å²) in [5.41, 5.74) is 2.49. The summed E-state index contributed by atoms with van der Waals surface area (Å²) in [7, 11) is 0. The minimum Gasteiger partial charge on any atom is -0.494 e. The molecule has 0 spiro atoms. The number of aromatic amines is 1. The molecule has 0 radical (unpaired) electrons. The maximum absolute atomic E-state index is 12.0. The lowest BCUT2D eigenvalue weighted by Gasteiger charge is -2.08. The SMILES string of the molecule is CCc1cccc2c1N=CC2=Cc1c(O)n(CC)c(=O)[nH]c1=O. The number of aryl methyl sites for hydroxylation is 1. The molecule has 0 saturated carbocycles. The molecule has 118 valence electrons. The van der Waals surface area contributed by atoms with Gasteiger partial charge in [0.05, 0.1) is 5.69 Å². The predicted octanol–water partition coefficient (Wildman–Crippen LogP) is 2.08. The number of H-pyrrole nitrogens is 1. The summed E-state index contributed by atoms with van der Waals surface area (Å²) in [6.45, 7) is 4.04. The molecule has 2 heterocycles. The Hall–Kier alpha value is -2.89. The molecule has 0 aliphatic carbocycles. The predicted molar refractivity (Wildman–Crippen MR) is 90.5 cm³/mol. The van der Waals surface area contributed by atoms with E-state index in [1.165, 1.54) is 0 Å². The second-order valence-electron chi connectivity index (χ2n) is 5.27. The van der Waals surface area contributed by atoms with E-state index in [0.717, 1.165) is 33.4 Å². The van der Waals surface area contributed by atoms with Crippen LogP contribution in [0.15, 0.2) is 32.8 Å². The van der Waals surface area contributed by atoms with E-state index in [0.29, 0.717) is 0 Å². The van der Waals surface area contributed by atoms with Crippen molar-refractivity contribution < 1.29 is 5.11 Å². The third-order valence-corrected chi connectivity index (χ3v) is 3.97. The van der Waals surface area contributed by atoms with Crippen LogP contribution in [-0.2, 0) is 13.0 Å². The maximum Gasteiger partial charge on any atom is 0.331 e. The Balaban J connectivity index is 2.19. The number of benzene rings is 1. The van der Waals surface area contributed by atoms with Gasteiger partial charge < -0.3 is 5.11 Å². The number of hydrogen-bond donors (Lipinski definition) is 2. The third kappa shape index (κ3) is 2.42. The highest BCUT2D eigenvalue weighted by Gasteiger charge is 2.17. The lowest BCUT2D eigenvalue weighted by molar-refractivity contribution is 0.404. The summed E-state index contributed by atoms with van der Waals surface area (Å²) in [6.07, 6.45) is 4.10. The normalized spacial score (nSPS) is 14.4. The molecule has 3 rings (SSSR count). The number of hydrogen-bond acceptors (Lipinski definition) is 4. The third-order valence-electron chi connectivity index (χ3n) is 3.97. The summed E-state index contributed by atoms with van der Waals surface area (Å²) in [4.78, 5) is 30.3. The number of para-hydroxylation sites is 1. The fourth-order valence-electron chi connectivity index (χ4n) is 2.73. The van der Waals surface area contributed by atoms with Gasteiger partial charge in [0.25, 0.3) is 5.56 Å². The Labute approximate surface area is 132 Å². The van der Waals surface area contributed by atoms with Gasteiger partial charge in [0.2, 0.25) is 5.88 Å². The van der Waals surface area contributed by atoms with Crippen LogP contribution in [0.2, 0.25) is 0 Å². The average Bonchev–Trinajstić information content (AvgIpc) is 2.94. The molecule has 0 bridgehead atoms. The summed E-state index contributed by atoms with van der Waals surface area (Å²) >= 11 is 0. The Morgan fingerprint density at radius 3 is 2.78 bits per heavy atom. The van der Waals surface area contributed by atoms with Gasteiger partial charge in [-0.15, -0.1) is 0 Å². The molecule has 2 N–H and O–H groups in total. The van der Waals surface area contributed by atoms with E-state index in [-0.39, 0.29) is 18.0 Å². The van der Waals surface area contributed by atoms with Crippen LogP contribution in [0.5, 0.6) is 5.88 Å². The second kappa shape index (κ2) is 5.72. The van der Waals surface area contributed by atoms with E-state index in [1.807, 2.05) is 18.2 Å². The highest BCUT2D eigenvalue weighted by Crippen LogP contribution is 2.36. The molecule has 6 heteroatoms.